The monoisotopic (exact) mass is 958 g/mol. The molecule has 0 unspecified atom stereocenters. The van der Waals surface area contributed by atoms with E-state index in [4.69, 9.17) is 74.3 Å². The van der Waals surface area contributed by atoms with Crippen molar-refractivity contribution in [3.63, 3.8) is 0 Å². The fourth-order valence-electron chi connectivity index (χ4n) is 8.20. The molecular weight excluding hydrogens is 912 g/mol. The van der Waals surface area contributed by atoms with Gasteiger partial charge in [-0.1, -0.05) is 155 Å². The second kappa shape index (κ2) is 23.6. The number of hydrogen-bond donors (Lipinski definition) is 1. The van der Waals surface area contributed by atoms with Crippen molar-refractivity contribution in [2.75, 3.05) is 69.3 Å². The molecule has 2 heterocycles. The molecule has 0 aliphatic carbocycles. The molecule has 0 bridgehead atoms. The molecule has 62 heavy (non-hydrogen) atoms. The maximum Gasteiger partial charge on any atom is 1.00 e. The molecule has 2 fully saturated rings. The van der Waals surface area contributed by atoms with E-state index in [1.807, 2.05) is 84.9 Å². The van der Waals surface area contributed by atoms with E-state index in [1.54, 1.807) is 19.2 Å². The number of hydrogen-bond acceptors (Lipinski definition) is 6. The Labute approximate surface area is 419 Å². The van der Waals surface area contributed by atoms with Gasteiger partial charge >= 0.3 is 29.6 Å². The van der Waals surface area contributed by atoms with Gasteiger partial charge in [-0.25, -0.2) is 0 Å². The molecule has 1 N–H and O–H groups in total. The number of methoxy groups -OCH3 is 1. The van der Waals surface area contributed by atoms with Crippen LogP contribution in [0, 0.1) is 0 Å². The van der Waals surface area contributed by atoms with E-state index >= 15 is 0 Å². The molecule has 0 spiro atoms. The molecule has 0 radical (unpaired) electrons. The minimum atomic E-state index is -0.525. The molecule has 2 aliphatic heterocycles. The first-order chi connectivity index (χ1) is 29.6. The zero-order chi connectivity index (χ0) is 42.9. The summed E-state index contributed by atoms with van der Waals surface area (Å²) in [5.41, 5.74) is 6.44. The summed E-state index contributed by atoms with van der Waals surface area (Å²) in [6.45, 7) is 6.40. The van der Waals surface area contributed by atoms with E-state index in [1.165, 1.54) is 11.1 Å². The number of halogens is 6. The Morgan fingerprint density at radius 3 is 1.35 bits per heavy atom. The van der Waals surface area contributed by atoms with Crippen molar-refractivity contribution in [3.05, 3.63) is 198 Å². The van der Waals surface area contributed by atoms with Gasteiger partial charge in [0.25, 0.3) is 0 Å². The molecule has 2 saturated heterocycles. The SMILES string of the molecule is CO[C@H](CN1CCN(c2ccc(Cl)cc2Cl)[C@H](c2ccc(Cl)cc2)C1)c1ccccc1.O[C@H](CN1CCN(c2ccc(Cl)cc2Cl)[C@H](c2ccc(Cl)cc2)C1)c1ccccc1.[H-].[Na+]. The minimum Gasteiger partial charge on any atom is -1.00 e. The maximum atomic E-state index is 10.7. The van der Waals surface area contributed by atoms with Crippen LogP contribution in [-0.4, -0.2) is 74.4 Å². The summed E-state index contributed by atoms with van der Waals surface area (Å²) in [5.74, 6) is 0. The summed E-state index contributed by atoms with van der Waals surface area (Å²) >= 11 is 37.7. The molecule has 6 aromatic carbocycles. The van der Waals surface area contributed by atoms with Gasteiger partial charge in [-0.15, -0.1) is 0 Å². The molecule has 4 atom stereocenters. The zero-order valence-corrected chi connectivity index (χ0v) is 41.3. The summed E-state index contributed by atoms with van der Waals surface area (Å²) in [6, 6.07) is 47.7. The first-order valence-corrected chi connectivity index (χ1v) is 22.5. The largest absolute Gasteiger partial charge is 1.00 e. The molecule has 320 valence electrons. The third-order valence-electron chi connectivity index (χ3n) is 11.4. The predicted molar refractivity (Wildman–Crippen MR) is 258 cm³/mol. The quantitative estimate of drug-likeness (QED) is 0.131. The van der Waals surface area contributed by atoms with Gasteiger partial charge in [-0.05, 0) is 82.9 Å². The van der Waals surface area contributed by atoms with Gasteiger partial charge in [-0.2, -0.15) is 0 Å². The summed E-state index contributed by atoms with van der Waals surface area (Å²) in [7, 11) is 1.78. The first-order valence-electron chi connectivity index (χ1n) is 20.3. The van der Waals surface area contributed by atoms with E-state index in [0.717, 1.165) is 73.3 Å². The average Bonchev–Trinajstić information content (AvgIpc) is 3.27. The average molecular weight is 962 g/mol. The van der Waals surface area contributed by atoms with Gasteiger partial charge < -0.3 is 21.1 Å². The fourth-order valence-corrected chi connectivity index (χ4v) is 9.49. The van der Waals surface area contributed by atoms with Crippen molar-refractivity contribution in [1.82, 2.24) is 9.80 Å². The number of aliphatic hydroxyl groups excluding tert-OH is 1. The first kappa shape index (κ1) is 48.9. The predicted octanol–water partition coefficient (Wildman–Crippen LogP) is 10.3. The van der Waals surface area contributed by atoms with Crippen LogP contribution in [0.2, 0.25) is 30.1 Å². The van der Waals surface area contributed by atoms with Gasteiger partial charge in [-0.3, -0.25) is 9.80 Å². The Hall–Kier alpha value is -2.50. The molecule has 0 aromatic heterocycles. The van der Waals surface area contributed by atoms with E-state index in [0.29, 0.717) is 31.7 Å². The third kappa shape index (κ3) is 12.9. The Morgan fingerprint density at radius 1 is 0.532 bits per heavy atom. The van der Waals surface area contributed by atoms with E-state index in [2.05, 4.69) is 68.1 Å². The molecule has 13 heteroatoms. The van der Waals surface area contributed by atoms with Crippen molar-refractivity contribution in [1.29, 1.82) is 0 Å². The summed E-state index contributed by atoms with van der Waals surface area (Å²) in [6.07, 6.45) is -0.500. The molecular formula is C49H49Cl6N4NaO2. The van der Waals surface area contributed by atoms with Crippen LogP contribution in [0.1, 0.15) is 48.0 Å². The minimum absolute atomic E-state index is 0. The van der Waals surface area contributed by atoms with Crippen molar-refractivity contribution >= 4 is 81.0 Å². The van der Waals surface area contributed by atoms with Gasteiger partial charge in [0, 0.05) is 79.6 Å². The normalized spacial score (nSPS) is 18.0. The van der Waals surface area contributed by atoms with Gasteiger partial charge in [0.2, 0.25) is 0 Å². The van der Waals surface area contributed by atoms with Gasteiger partial charge in [0.15, 0.2) is 0 Å². The van der Waals surface area contributed by atoms with Crippen molar-refractivity contribution in [2.24, 2.45) is 0 Å². The second-order valence-corrected chi connectivity index (χ2v) is 17.9. The Bertz CT molecular complexity index is 2320. The Balaban J connectivity index is 0.000000230. The summed E-state index contributed by atoms with van der Waals surface area (Å²) < 4.78 is 5.83. The molecule has 0 amide bonds. The van der Waals surface area contributed by atoms with Crippen molar-refractivity contribution in [3.8, 4) is 0 Å². The summed E-state index contributed by atoms with van der Waals surface area (Å²) in [4.78, 5) is 9.44. The second-order valence-electron chi connectivity index (χ2n) is 15.3. The maximum absolute atomic E-state index is 10.7. The smallest absolute Gasteiger partial charge is 1.00 e. The van der Waals surface area contributed by atoms with Crippen LogP contribution in [0.5, 0.6) is 0 Å². The topological polar surface area (TPSA) is 42.4 Å². The van der Waals surface area contributed by atoms with Crippen LogP contribution in [-0.2, 0) is 4.74 Å². The third-order valence-corrected chi connectivity index (χ3v) is 13.0. The Morgan fingerprint density at radius 2 is 0.935 bits per heavy atom. The molecule has 0 saturated carbocycles. The zero-order valence-electron chi connectivity index (χ0n) is 35.7. The van der Waals surface area contributed by atoms with E-state index in [9.17, 15) is 5.11 Å². The number of rotatable bonds is 11. The van der Waals surface area contributed by atoms with E-state index < -0.39 is 6.10 Å². The number of aliphatic hydroxyl groups is 1. The van der Waals surface area contributed by atoms with Gasteiger partial charge in [0.05, 0.1) is 45.7 Å². The number of benzene rings is 6. The number of anilines is 2. The number of nitrogens with zero attached hydrogens (tertiary/aromatic N) is 4. The van der Waals surface area contributed by atoms with Crippen LogP contribution < -0.4 is 39.4 Å². The summed E-state index contributed by atoms with van der Waals surface area (Å²) in [5, 5.41) is 14.7. The molecule has 6 aromatic rings. The van der Waals surface area contributed by atoms with Crippen LogP contribution in [0.15, 0.2) is 146 Å². The van der Waals surface area contributed by atoms with Gasteiger partial charge in [0.1, 0.15) is 0 Å². The number of piperazine rings is 2. The van der Waals surface area contributed by atoms with Crippen LogP contribution in [0.4, 0.5) is 11.4 Å². The van der Waals surface area contributed by atoms with Crippen LogP contribution >= 0.6 is 69.6 Å². The molecule has 6 nitrogen and oxygen atoms in total. The molecule has 2 aliphatic rings. The molecule has 8 rings (SSSR count). The van der Waals surface area contributed by atoms with Crippen molar-refractivity contribution in [2.45, 2.75) is 24.3 Å². The van der Waals surface area contributed by atoms with Crippen LogP contribution in [0.3, 0.4) is 0 Å². The fraction of sp³-hybridized carbons (Fsp3) is 0.265. The van der Waals surface area contributed by atoms with E-state index in [-0.39, 0.29) is 49.2 Å². The van der Waals surface area contributed by atoms with Crippen molar-refractivity contribution < 1.29 is 40.8 Å². The number of ether oxygens (including phenoxy) is 1. The number of β-amino-alcohol motifs (C(OH)–C–C–N with tert-alkyl or cyclic N) is 1. The standard InChI is InChI=1S/C25H25Cl3N2O.C24H23Cl3N2O.Na.H/c1-31-25(19-5-3-2-4-6-19)17-29-13-14-30(23-12-11-21(27)15-22(23)28)24(16-29)18-7-9-20(26)10-8-18;25-19-8-6-17(7-9-19)23-15-28(16-24(30)18-4-2-1-3-5-18)12-13-29(23)22-11-10-20(26)14-21(22)27;;/h2-12,15,24-25H,13-14,16-17H2,1H3;1-11,14,23-24,30H,12-13,15-16H2;;/q;;+1;-1/t24-,25+;23-,24+;;/m00../s1. The van der Waals surface area contributed by atoms with Crippen LogP contribution in [0.25, 0.3) is 0 Å². The Kier molecular flexibility index (Phi) is 18.6.